The zero-order valence-electron chi connectivity index (χ0n) is 10.7. The van der Waals surface area contributed by atoms with E-state index in [2.05, 4.69) is 68.6 Å². The molecule has 3 rings (SSSR count). The molecule has 1 aromatic rings. The van der Waals surface area contributed by atoms with Crippen molar-refractivity contribution in [3.63, 3.8) is 0 Å². The average molecular weight is 487 g/mol. The van der Waals surface area contributed by atoms with E-state index in [-0.39, 0.29) is 0 Å². The molecule has 19 heavy (non-hydrogen) atoms. The summed E-state index contributed by atoms with van der Waals surface area (Å²) in [6, 6.07) is 0.455. The largest absolute Gasteiger partial charge is 0.465 e. The fraction of sp³-hybridized carbons (Fsp3) is 0.667. The zero-order chi connectivity index (χ0) is 13.9. The standard InChI is InChI=1S/C12H15I2N3O2/c1-5(2)11-15-9(13)10(14)17(11)8-6-3-16(12(18)19)4-7(6)8/h5-8H,3-4H2,1-2H3,(H,18,19). The number of imidazole rings is 1. The minimum absolute atomic E-state index is 0.397. The van der Waals surface area contributed by atoms with Gasteiger partial charge in [0.1, 0.15) is 13.2 Å². The predicted octanol–water partition coefficient (Wildman–Crippen LogP) is 3.00. The Morgan fingerprint density at radius 2 is 1.95 bits per heavy atom. The molecule has 2 aliphatic rings. The van der Waals surface area contributed by atoms with Crippen LogP contribution in [0.15, 0.2) is 0 Å². The Kier molecular flexibility index (Phi) is 3.47. The van der Waals surface area contributed by atoms with E-state index < -0.39 is 6.09 Å². The van der Waals surface area contributed by atoms with Gasteiger partial charge in [-0.25, -0.2) is 9.78 Å². The molecular weight excluding hydrogens is 472 g/mol. The van der Waals surface area contributed by atoms with Gasteiger partial charge >= 0.3 is 6.09 Å². The number of likely N-dealkylation sites (tertiary alicyclic amines) is 1. The number of carbonyl (C=O) groups is 1. The highest BCUT2D eigenvalue weighted by molar-refractivity contribution is 14.1. The van der Waals surface area contributed by atoms with Gasteiger partial charge in [0.05, 0.1) is 0 Å². The average Bonchev–Trinajstić information content (AvgIpc) is 2.72. The molecule has 2 unspecified atom stereocenters. The highest BCUT2D eigenvalue weighted by atomic mass is 127. The number of hydrogen-bond acceptors (Lipinski definition) is 2. The highest BCUT2D eigenvalue weighted by Gasteiger charge is 2.59. The van der Waals surface area contributed by atoms with E-state index in [1.807, 2.05) is 0 Å². The molecule has 1 aliphatic carbocycles. The van der Waals surface area contributed by atoms with Crippen molar-refractivity contribution in [3.05, 3.63) is 13.2 Å². The molecule has 1 aromatic heterocycles. The van der Waals surface area contributed by atoms with E-state index in [4.69, 9.17) is 5.11 Å². The number of nitrogens with zero attached hydrogens (tertiary/aromatic N) is 3. The fourth-order valence-corrected chi connectivity index (χ4v) is 4.32. The van der Waals surface area contributed by atoms with Crippen LogP contribution in [0.4, 0.5) is 4.79 Å². The maximum absolute atomic E-state index is 11.0. The van der Waals surface area contributed by atoms with E-state index in [9.17, 15) is 4.79 Å². The van der Waals surface area contributed by atoms with Gasteiger partial charge in [-0.15, -0.1) is 0 Å². The number of hydrogen-bond donors (Lipinski definition) is 1. The molecule has 104 valence electrons. The van der Waals surface area contributed by atoms with Crippen molar-refractivity contribution < 1.29 is 9.90 Å². The second-order valence-corrected chi connectivity index (χ2v) is 7.63. The zero-order valence-corrected chi connectivity index (χ0v) is 15.0. The van der Waals surface area contributed by atoms with Crippen molar-refractivity contribution in [1.82, 2.24) is 14.5 Å². The molecular formula is C12H15I2N3O2. The van der Waals surface area contributed by atoms with Gasteiger partial charge in [-0.05, 0) is 45.2 Å². The van der Waals surface area contributed by atoms with Crippen LogP contribution in [-0.4, -0.2) is 38.7 Å². The normalized spacial score (nSPS) is 28.9. The summed E-state index contributed by atoms with van der Waals surface area (Å²) in [5.41, 5.74) is 0. The monoisotopic (exact) mass is 487 g/mol. The number of carboxylic acid groups (broad SMARTS) is 1. The van der Waals surface area contributed by atoms with Crippen LogP contribution in [0.25, 0.3) is 0 Å². The SMILES string of the molecule is CC(C)c1nc(I)c(I)n1C1C2CN(C(=O)O)CC21. The Morgan fingerprint density at radius 1 is 1.37 bits per heavy atom. The molecule has 2 fully saturated rings. The number of amides is 1. The summed E-state index contributed by atoms with van der Waals surface area (Å²) in [5.74, 6) is 2.49. The van der Waals surface area contributed by atoms with Gasteiger partial charge in [-0.3, -0.25) is 0 Å². The number of halogens is 2. The van der Waals surface area contributed by atoms with Gasteiger partial charge in [0, 0.05) is 36.9 Å². The number of fused-ring (bicyclic) bond motifs is 1. The lowest BCUT2D eigenvalue weighted by molar-refractivity contribution is 0.148. The van der Waals surface area contributed by atoms with Gasteiger partial charge in [0.25, 0.3) is 0 Å². The molecule has 1 saturated carbocycles. The second kappa shape index (κ2) is 4.74. The summed E-state index contributed by atoms with van der Waals surface area (Å²) >= 11 is 4.64. The Labute approximate surface area is 139 Å². The Bertz CT molecular complexity index is 531. The summed E-state index contributed by atoms with van der Waals surface area (Å²) in [5, 5.41) is 9.01. The van der Waals surface area contributed by atoms with Crippen LogP contribution in [0.3, 0.4) is 0 Å². The smallest absolute Gasteiger partial charge is 0.407 e. The van der Waals surface area contributed by atoms with Crippen molar-refractivity contribution in [1.29, 1.82) is 0 Å². The summed E-state index contributed by atoms with van der Waals surface area (Å²) in [7, 11) is 0. The molecule has 0 radical (unpaired) electrons. The third-order valence-corrected chi connectivity index (χ3v) is 6.89. The quantitative estimate of drug-likeness (QED) is 0.654. The fourth-order valence-electron chi connectivity index (χ4n) is 3.13. The Balaban J connectivity index is 1.85. The first kappa shape index (κ1) is 13.9. The van der Waals surface area contributed by atoms with Gasteiger partial charge in [-0.2, -0.15) is 0 Å². The topological polar surface area (TPSA) is 58.4 Å². The summed E-state index contributed by atoms with van der Waals surface area (Å²) in [4.78, 5) is 17.2. The third-order valence-electron chi connectivity index (χ3n) is 4.08. The van der Waals surface area contributed by atoms with Gasteiger partial charge in [0.15, 0.2) is 0 Å². The third kappa shape index (κ3) is 2.16. The van der Waals surface area contributed by atoms with Crippen LogP contribution in [0.2, 0.25) is 0 Å². The second-order valence-electron chi connectivity index (χ2n) is 5.58. The maximum Gasteiger partial charge on any atom is 0.407 e. The predicted molar refractivity (Wildman–Crippen MR) is 87.4 cm³/mol. The molecule has 7 heteroatoms. The highest BCUT2D eigenvalue weighted by Crippen LogP contribution is 2.56. The molecule has 0 aromatic carbocycles. The molecule has 2 atom stereocenters. The van der Waals surface area contributed by atoms with Crippen molar-refractivity contribution in [2.75, 3.05) is 13.1 Å². The Morgan fingerprint density at radius 3 is 2.42 bits per heavy atom. The van der Waals surface area contributed by atoms with E-state index in [0.29, 0.717) is 36.9 Å². The molecule has 1 N–H and O–H groups in total. The van der Waals surface area contributed by atoms with Crippen LogP contribution < -0.4 is 0 Å². The van der Waals surface area contributed by atoms with E-state index in [1.165, 1.54) is 8.60 Å². The molecule has 0 bridgehead atoms. The lowest BCUT2D eigenvalue weighted by atomic mass is 10.2. The van der Waals surface area contributed by atoms with E-state index in [1.54, 1.807) is 0 Å². The van der Waals surface area contributed by atoms with Crippen molar-refractivity contribution >= 4 is 51.3 Å². The van der Waals surface area contributed by atoms with Crippen LogP contribution >= 0.6 is 45.2 Å². The lowest BCUT2D eigenvalue weighted by Gasteiger charge is -2.19. The number of rotatable bonds is 2. The number of piperidine rings is 1. The first-order valence-electron chi connectivity index (χ1n) is 6.32. The maximum atomic E-state index is 11.0. The van der Waals surface area contributed by atoms with Gasteiger partial charge in [-0.1, -0.05) is 13.8 Å². The summed E-state index contributed by atoms with van der Waals surface area (Å²) < 4.78 is 4.60. The Hall–Kier alpha value is -0.0600. The van der Waals surface area contributed by atoms with Gasteiger partial charge in [0.2, 0.25) is 0 Å². The first-order valence-corrected chi connectivity index (χ1v) is 8.48. The molecule has 1 aliphatic heterocycles. The molecule has 1 amide bonds. The molecule has 2 heterocycles. The van der Waals surface area contributed by atoms with Crippen molar-refractivity contribution in [3.8, 4) is 0 Å². The number of aromatic nitrogens is 2. The first-order chi connectivity index (χ1) is 8.91. The van der Waals surface area contributed by atoms with E-state index >= 15 is 0 Å². The van der Waals surface area contributed by atoms with Crippen LogP contribution in [0, 0.1) is 19.2 Å². The molecule has 0 spiro atoms. The van der Waals surface area contributed by atoms with Crippen molar-refractivity contribution in [2.45, 2.75) is 25.8 Å². The minimum atomic E-state index is -0.787. The van der Waals surface area contributed by atoms with Crippen LogP contribution in [0.1, 0.15) is 31.6 Å². The summed E-state index contributed by atoms with van der Waals surface area (Å²) in [6.07, 6.45) is -0.787. The molecule has 5 nitrogen and oxygen atoms in total. The lowest BCUT2D eigenvalue weighted by Crippen LogP contribution is -2.30. The molecule has 1 saturated heterocycles. The minimum Gasteiger partial charge on any atom is -0.465 e. The van der Waals surface area contributed by atoms with E-state index in [0.717, 1.165) is 9.53 Å². The van der Waals surface area contributed by atoms with Gasteiger partial charge < -0.3 is 14.6 Å². The van der Waals surface area contributed by atoms with Crippen LogP contribution in [0.5, 0.6) is 0 Å². The summed E-state index contributed by atoms with van der Waals surface area (Å²) in [6.45, 7) is 5.67. The van der Waals surface area contributed by atoms with Crippen molar-refractivity contribution in [2.24, 2.45) is 11.8 Å². The van der Waals surface area contributed by atoms with Crippen LogP contribution in [-0.2, 0) is 0 Å².